The largest absolute Gasteiger partial charge is 0.573 e. The number of halogens is 3. The van der Waals surface area contributed by atoms with Gasteiger partial charge in [-0.25, -0.2) is 4.79 Å². The molecular weight excluding hydrogens is 541 g/mol. The highest BCUT2D eigenvalue weighted by molar-refractivity contribution is 5.92. The molecule has 4 aromatic rings. The molecule has 1 N–H and O–H groups in total. The number of aromatic carboxylic acids is 1. The summed E-state index contributed by atoms with van der Waals surface area (Å²) in [6.45, 7) is 0.186. The number of carboxylic acid groups (broad SMARTS) is 1. The smallest absolute Gasteiger partial charge is 0.475 e. The van der Waals surface area contributed by atoms with Crippen LogP contribution < -0.4 is 9.64 Å². The Kier molecular flexibility index (Phi) is 6.22. The third-order valence-electron chi connectivity index (χ3n) is 8.30. The van der Waals surface area contributed by atoms with Gasteiger partial charge in [0.15, 0.2) is 0 Å². The van der Waals surface area contributed by atoms with Crippen LogP contribution in [0.1, 0.15) is 66.3 Å². The zero-order chi connectivity index (χ0) is 28.3. The molecule has 2 bridgehead atoms. The van der Waals surface area contributed by atoms with Crippen LogP contribution in [0.2, 0.25) is 0 Å². The molecule has 2 aromatic carbocycles. The summed E-state index contributed by atoms with van der Waals surface area (Å²) < 4.78 is 61.2. The molecule has 0 amide bonds. The lowest BCUT2D eigenvalue weighted by molar-refractivity contribution is -0.274. The molecule has 4 heterocycles. The van der Waals surface area contributed by atoms with Crippen molar-refractivity contribution in [3.8, 4) is 17.0 Å². The molecule has 8 nitrogen and oxygen atoms in total. The average Bonchev–Trinajstić information content (AvgIpc) is 3.44. The molecule has 1 saturated carbocycles. The van der Waals surface area contributed by atoms with Crippen LogP contribution in [0.5, 0.6) is 5.75 Å². The maximum absolute atomic E-state index is 13.1. The number of furan rings is 1. The van der Waals surface area contributed by atoms with Crippen LogP contribution in [0.25, 0.3) is 22.2 Å². The van der Waals surface area contributed by atoms with E-state index in [1.54, 1.807) is 12.1 Å². The van der Waals surface area contributed by atoms with Gasteiger partial charge in [-0.15, -0.1) is 13.2 Å². The third-order valence-corrected chi connectivity index (χ3v) is 8.30. The summed E-state index contributed by atoms with van der Waals surface area (Å²) in [6, 6.07) is 13.8. The van der Waals surface area contributed by atoms with Crippen molar-refractivity contribution in [1.29, 1.82) is 0 Å². The van der Waals surface area contributed by atoms with Crippen molar-refractivity contribution in [2.45, 2.75) is 75.6 Å². The molecule has 3 fully saturated rings. The predicted molar refractivity (Wildman–Crippen MR) is 141 cm³/mol. The zero-order valence-corrected chi connectivity index (χ0v) is 21.9. The first kappa shape index (κ1) is 25.9. The van der Waals surface area contributed by atoms with Crippen LogP contribution in [0.15, 0.2) is 57.5 Å². The second-order valence-corrected chi connectivity index (χ2v) is 11.0. The fraction of sp³-hybridized carbons (Fsp3) is 0.400. The highest BCUT2D eigenvalue weighted by Gasteiger charge is 2.42. The number of carbonyl (C=O) groups is 1. The Morgan fingerprint density at radius 2 is 1.80 bits per heavy atom. The van der Waals surface area contributed by atoms with Gasteiger partial charge in [-0.05, 0) is 68.9 Å². The number of hydrogen-bond donors (Lipinski definition) is 1. The average molecular weight is 569 g/mol. The maximum atomic E-state index is 13.1. The van der Waals surface area contributed by atoms with Gasteiger partial charge in [0, 0.05) is 46.3 Å². The van der Waals surface area contributed by atoms with Gasteiger partial charge in [0.05, 0.1) is 12.7 Å². The Morgan fingerprint density at radius 1 is 1.05 bits per heavy atom. The van der Waals surface area contributed by atoms with Gasteiger partial charge >= 0.3 is 12.3 Å². The standard InChI is InChI=1S/C30H27F3N2O6/c31-30(32,33)40-24-4-2-1-3-22(24)27-23(28(41-34-27)16-5-6-16)15-38-21-12-18-9-10-19(13-21)35(18)20-8-7-17-11-26(29(36)37)39-25(17)14-20/h1-4,7-8,11,14,16,18-19,21H,5-6,9-10,12-13,15H2,(H,36,37)/t18-,19+,21?. The summed E-state index contributed by atoms with van der Waals surface area (Å²) in [7, 11) is 0. The number of alkyl halides is 3. The van der Waals surface area contributed by atoms with E-state index in [1.165, 1.54) is 18.2 Å². The van der Waals surface area contributed by atoms with Gasteiger partial charge in [-0.3, -0.25) is 0 Å². The summed E-state index contributed by atoms with van der Waals surface area (Å²) in [5.41, 5.74) is 2.75. The van der Waals surface area contributed by atoms with Gasteiger partial charge in [-0.1, -0.05) is 17.3 Å². The number of aromatic nitrogens is 1. The minimum atomic E-state index is -4.83. The molecule has 2 aliphatic heterocycles. The van der Waals surface area contributed by atoms with Crippen LogP contribution in [-0.2, 0) is 11.3 Å². The van der Waals surface area contributed by atoms with Crippen LogP contribution in [0.3, 0.4) is 0 Å². The van der Waals surface area contributed by atoms with Crippen LogP contribution in [-0.4, -0.2) is 40.8 Å². The van der Waals surface area contributed by atoms with E-state index in [-0.39, 0.29) is 47.8 Å². The quantitative estimate of drug-likeness (QED) is 0.237. The molecular formula is C30H27F3N2O6. The summed E-state index contributed by atoms with van der Waals surface area (Å²) in [4.78, 5) is 13.7. The number of para-hydroxylation sites is 1. The predicted octanol–water partition coefficient (Wildman–Crippen LogP) is 7.28. The van der Waals surface area contributed by atoms with E-state index in [9.17, 15) is 23.1 Å². The molecule has 0 spiro atoms. The first-order chi connectivity index (χ1) is 19.7. The first-order valence-electron chi connectivity index (χ1n) is 13.7. The van der Waals surface area contributed by atoms with Crippen molar-refractivity contribution in [1.82, 2.24) is 5.16 Å². The minimum Gasteiger partial charge on any atom is -0.475 e. The summed E-state index contributed by atoms with van der Waals surface area (Å²) in [5.74, 6) is -0.639. The van der Waals surface area contributed by atoms with E-state index >= 15 is 0 Å². The Hall–Kier alpha value is -3.99. The number of carboxylic acids is 1. The second kappa shape index (κ2) is 9.83. The third kappa shape index (κ3) is 5.03. The molecule has 1 aliphatic carbocycles. The van der Waals surface area contributed by atoms with Crippen LogP contribution in [0.4, 0.5) is 18.9 Å². The number of hydrogen-bond acceptors (Lipinski definition) is 7. The number of anilines is 1. The molecule has 0 radical (unpaired) electrons. The molecule has 214 valence electrons. The number of rotatable bonds is 8. The van der Waals surface area contributed by atoms with Gasteiger partial charge in [0.25, 0.3) is 0 Å². The number of nitrogens with zero attached hydrogens (tertiary/aromatic N) is 2. The summed E-state index contributed by atoms with van der Waals surface area (Å²) in [5, 5.41) is 14.2. The first-order valence-corrected chi connectivity index (χ1v) is 13.7. The fourth-order valence-corrected chi connectivity index (χ4v) is 6.39. The normalized spacial score (nSPS) is 22.4. The van der Waals surface area contributed by atoms with Gasteiger partial charge < -0.3 is 28.4 Å². The minimum absolute atomic E-state index is 0.0359. The van der Waals surface area contributed by atoms with E-state index in [0.717, 1.165) is 49.6 Å². The molecule has 1 unspecified atom stereocenters. The molecule has 41 heavy (non-hydrogen) atoms. The van der Waals surface area contributed by atoms with Crippen LogP contribution in [0, 0.1) is 0 Å². The van der Waals surface area contributed by atoms with Crippen molar-refractivity contribution in [2.75, 3.05) is 4.90 Å². The number of piperidine rings is 1. The second-order valence-electron chi connectivity index (χ2n) is 11.0. The number of fused-ring (bicyclic) bond motifs is 3. The maximum Gasteiger partial charge on any atom is 0.573 e. The summed E-state index contributed by atoms with van der Waals surface area (Å²) >= 11 is 0. The van der Waals surface area contributed by atoms with Gasteiger partial charge in [0.1, 0.15) is 22.8 Å². The van der Waals surface area contributed by atoms with Crippen molar-refractivity contribution in [2.24, 2.45) is 0 Å². The monoisotopic (exact) mass is 568 g/mol. The molecule has 2 aromatic heterocycles. The van der Waals surface area contributed by atoms with Gasteiger partial charge in [-0.2, -0.15) is 0 Å². The molecule has 11 heteroatoms. The van der Waals surface area contributed by atoms with Crippen molar-refractivity contribution in [3.05, 3.63) is 65.6 Å². The lowest BCUT2D eigenvalue weighted by atomic mass is 9.98. The van der Waals surface area contributed by atoms with Crippen molar-refractivity contribution in [3.63, 3.8) is 0 Å². The SMILES string of the molecule is O=C(O)c1cc2ccc(N3[C@@H]4CC[C@H]3CC(OCc3c(-c5ccccc5OC(F)(F)F)noc3C3CC3)C4)cc2o1. The molecule has 3 atom stereocenters. The van der Waals surface area contributed by atoms with Crippen LogP contribution >= 0.6 is 0 Å². The number of ether oxygens (including phenoxy) is 2. The van der Waals surface area contributed by atoms with Gasteiger partial charge in [0.2, 0.25) is 5.76 Å². The van der Waals surface area contributed by atoms with E-state index in [0.29, 0.717) is 22.6 Å². The lowest BCUT2D eigenvalue weighted by Gasteiger charge is -2.40. The van der Waals surface area contributed by atoms with E-state index < -0.39 is 12.3 Å². The zero-order valence-electron chi connectivity index (χ0n) is 21.9. The van der Waals surface area contributed by atoms with E-state index in [4.69, 9.17) is 13.7 Å². The van der Waals surface area contributed by atoms with E-state index in [2.05, 4.69) is 14.8 Å². The number of benzene rings is 2. The molecule has 3 aliphatic rings. The molecule has 7 rings (SSSR count). The van der Waals surface area contributed by atoms with Crippen molar-refractivity contribution >= 4 is 22.6 Å². The van der Waals surface area contributed by atoms with E-state index in [1.807, 2.05) is 18.2 Å². The van der Waals surface area contributed by atoms with Crippen molar-refractivity contribution < 1.29 is 41.5 Å². The Morgan fingerprint density at radius 3 is 2.51 bits per heavy atom. The molecule has 2 saturated heterocycles. The Bertz CT molecular complexity index is 1590. The highest BCUT2D eigenvalue weighted by Crippen LogP contribution is 2.46. The fourth-order valence-electron chi connectivity index (χ4n) is 6.39. The topological polar surface area (TPSA) is 98.2 Å². The highest BCUT2D eigenvalue weighted by atomic mass is 19.4. The Balaban J connectivity index is 1.09. The lowest BCUT2D eigenvalue weighted by Crippen LogP contribution is -2.45. The summed E-state index contributed by atoms with van der Waals surface area (Å²) in [6.07, 6.45) is 0.622. The Labute approximate surface area is 232 Å².